The topological polar surface area (TPSA) is 50.9 Å². The summed E-state index contributed by atoms with van der Waals surface area (Å²) in [6.07, 6.45) is 1.83. The predicted molar refractivity (Wildman–Crippen MR) is 268 cm³/mol. The summed E-state index contributed by atoms with van der Waals surface area (Å²) >= 11 is 0. The monoisotopic (exact) mass is 1030 g/mol. The summed E-state index contributed by atoms with van der Waals surface area (Å²) < 4.78 is 35.8. The van der Waals surface area contributed by atoms with Crippen LogP contribution in [0.15, 0.2) is 164 Å². The molecule has 0 aliphatic carbocycles. The van der Waals surface area contributed by atoms with Crippen LogP contribution in [-0.2, 0) is 31.9 Å². The largest absolute Gasteiger partial charge is 0.507 e. The van der Waals surface area contributed by atoms with Crippen LogP contribution in [0.25, 0.3) is 83.9 Å². The van der Waals surface area contributed by atoms with E-state index < -0.39 is 18.2 Å². The van der Waals surface area contributed by atoms with Gasteiger partial charge in [0.1, 0.15) is 11.6 Å². The van der Waals surface area contributed by atoms with Crippen LogP contribution in [0.2, 0.25) is 0 Å². The molecule has 328 valence electrons. The fraction of sp³-hybridized carbons (Fsp3) is 0.200. The minimum Gasteiger partial charge on any atom is -0.507 e. The Kier molecular flexibility index (Phi) is 11.1. The van der Waals surface area contributed by atoms with Gasteiger partial charge in [-0.2, -0.15) is 0 Å². The third kappa shape index (κ3) is 9.02. The third-order valence-electron chi connectivity index (χ3n) is 12.1. The summed E-state index contributed by atoms with van der Waals surface area (Å²) in [5, 5.41) is 12.5. The van der Waals surface area contributed by atoms with Gasteiger partial charge in [-0.25, -0.2) is 4.98 Å². The van der Waals surface area contributed by atoms with Crippen molar-refractivity contribution >= 4 is 11.0 Å². The second kappa shape index (κ2) is 17.9. The summed E-state index contributed by atoms with van der Waals surface area (Å²) in [5.74, 6) is -0.0346. The first-order valence-corrected chi connectivity index (χ1v) is 22.0. The molecule has 65 heavy (non-hydrogen) atoms. The number of hydrogen-bond acceptors (Lipinski definition) is 3. The van der Waals surface area contributed by atoms with Crippen LogP contribution in [0.5, 0.6) is 5.75 Å². The molecule has 0 saturated heterocycles. The van der Waals surface area contributed by atoms with Crippen molar-refractivity contribution in [1.82, 2.24) is 14.5 Å². The number of para-hydroxylation sites is 1. The van der Waals surface area contributed by atoms with Crippen molar-refractivity contribution < 1.29 is 31.7 Å². The number of aromatic nitrogens is 3. The van der Waals surface area contributed by atoms with Crippen molar-refractivity contribution in [2.24, 2.45) is 0 Å². The number of phenols is 1. The number of hydrogen-bond donors (Lipinski definition) is 1. The van der Waals surface area contributed by atoms with Gasteiger partial charge in [0.05, 0.1) is 22.3 Å². The number of nitrogens with zero attached hydrogens (tertiary/aromatic N) is 3. The molecule has 0 radical (unpaired) electrons. The van der Waals surface area contributed by atoms with E-state index in [0.717, 1.165) is 83.7 Å². The summed E-state index contributed by atoms with van der Waals surface area (Å²) in [6.45, 7) is 14.3. The molecule has 0 atom stereocenters. The van der Waals surface area contributed by atoms with E-state index in [2.05, 4.69) is 113 Å². The summed E-state index contributed by atoms with van der Waals surface area (Å²) in [7, 11) is 0. The molecule has 2 heterocycles. The first-order chi connectivity index (χ1) is 32.1. The molecule has 4 nitrogen and oxygen atoms in total. The Labute approximate surface area is 405 Å². The van der Waals surface area contributed by atoms with E-state index in [1.165, 1.54) is 0 Å². The third-order valence-corrected chi connectivity index (χ3v) is 12.1. The Morgan fingerprint density at radius 1 is 0.615 bits per heavy atom. The van der Waals surface area contributed by atoms with Gasteiger partial charge in [-0.05, 0) is 87.3 Å². The van der Waals surface area contributed by atoms with E-state index in [0.29, 0.717) is 16.9 Å². The Bertz CT molecular complexity index is 3320. The fourth-order valence-corrected chi connectivity index (χ4v) is 8.53. The molecular formula is C60H56N3OPt-. The zero-order chi connectivity index (χ0) is 48.3. The quantitative estimate of drug-likeness (QED) is 0.154. The van der Waals surface area contributed by atoms with Gasteiger partial charge >= 0.3 is 0 Å². The maximum absolute atomic E-state index is 12.5. The van der Waals surface area contributed by atoms with Crippen LogP contribution in [0, 0.1) is 12.9 Å². The normalized spacial score (nSPS) is 13.1. The van der Waals surface area contributed by atoms with Gasteiger partial charge in [0.15, 0.2) is 0 Å². The second-order valence-corrected chi connectivity index (χ2v) is 19.0. The number of imidazole rings is 1. The molecule has 0 amide bonds. The van der Waals surface area contributed by atoms with Crippen LogP contribution >= 0.6 is 0 Å². The van der Waals surface area contributed by atoms with Crippen molar-refractivity contribution in [3.8, 4) is 78.6 Å². The number of fused-ring (bicyclic) bond motifs is 1. The predicted octanol–water partition coefficient (Wildman–Crippen LogP) is 16.0. The Hall–Kier alpha value is -6.35. The molecule has 5 heteroatoms. The van der Waals surface area contributed by atoms with Crippen molar-refractivity contribution in [3.05, 3.63) is 192 Å². The number of aryl methyl sites for hydroxylation is 1. The number of pyridine rings is 1. The minimum atomic E-state index is -2.34. The molecule has 0 fully saturated rings. The van der Waals surface area contributed by atoms with Crippen LogP contribution in [-0.4, -0.2) is 19.6 Å². The van der Waals surface area contributed by atoms with E-state index in [4.69, 9.17) is 15.5 Å². The zero-order valence-electron chi connectivity index (χ0n) is 42.2. The van der Waals surface area contributed by atoms with Crippen LogP contribution < -0.4 is 0 Å². The Morgan fingerprint density at radius 2 is 1.29 bits per heavy atom. The molecule has 0 aliphatic heterocycles. The summed E-state index contributed by atoms with van der Waals surface area (Å²) in [5.41, 5.74) is 13.9. The Morgan fingerprint density at radius 3 is 1.95 bits per heavy atom. The molecule has 2 aromatic heterocycles. The zero-order valence-corrected chi connectivity index (χ0v) is 40.5. The smallest absolute Gasteiger partial charge is 0.148 e. The number of rotatable bonds is 8. The van der Waals surface area contributed by atoms with Gasteiger partial charge < -0.3 is 5.11 Å². The maximum Gasteiger partial charge on any atom is 0.148 e. The molecular weight excluding hydrogens is 974 g/mol. The standard InChI is InChI=1S/C60H56N3O.Pt/c1-38(2)40-24-26-42(27-25-40)44-29-30-61-53(35-44)47-33-45(41-17-12-10-13-18-41)32-46(34-47)49-21-16-22-55-56(49)62-58(51-36-48(59(4,5)6)37-52(57(51)64)60(7,8)9)63(55)54-28-23-39(3)31-50(54)43-19-14-11-15-20-43;/h10-33,35-38,64H,1-9H3;/q-1;/i3D3,38D;. The molecule has 9 aromatic rings. The molecule has 1 N–H and O–H groups in total. The van der Waals surface area contributed by atoms with Crippen molar-refractivity contribution in [1.29, 1.82) is 0 Å². The van der Waals surface area contributed by atoms with Gasteiger partial charge in [-0.15, -0.1) is 23.8 Å². The number of benzene rings is 7. The minimum absolute atomic E-state index is 0. The van der Waals surface area contributed by atoms with Gasteiger partial charge in [0.2, 0.25) is 0 Å². The van der Waals surface area contributed by atoms with Gasteiger partial charge in [0.25, 0.3) is 0 Å². The van der Waals surface area contributed by atoms with Crippen molar-refractivity contribution in [2.45, 2.75) is 79.0 Å². The summed E-state index contributed by atoms with van der Waals surface area (Å²) in [4.78, 5) is 10.5. The number of aromatic hydroxyl groups is 1. The van der Waals surface area contributed by atoms with Crippen LogP contribution in [0.4, 0.5) is 0 Å². The van der Waals surface area contributed by atoms with Gasteiger partial charge in [0, 0.05) is 49.6 Å². The van der Waals surface area contributed by atoms with E-state index in [1.807, 2.05) is 105 Å². The van der Waals surface area contributed by atoms with Crippen molar-refractivity contribution in [3.63, 3.8) is 0 Å². The molecule has 7 aromatic carbocycles. The molecule has 0 saturated carbocycles. The van der Waals surface area contributed by atoms with E-state index >= 15 is 0 Å². The second-order valence-electron chi connectivity index (χ2n) is 19.0. The van der Waals surface area contributed by atoms with Crippen LogP contribution in [0.3, 0.4) is 0 Å². The SMILES string of the molecule is [2H]C([2H])([2H])c1ccc(-n2c(-c3cc(C(C)(C)C)cc(C(C)(C)C)c3O)nc3c(-c4[c-]c(-c5cc(-c6ccc(C([2H])(C)C)cc6)ccn5)cc(-c5ccccc5)c4)cccc32)c(-c2ccccc2)c1.[Pt]. The molecule has 0 bridgehead atoms. The van der Waals surface area contributed by atoms with E-state index in [9.17, 15) is 5.11 Å². The van der Waals surface area contributed by atoms with Crippen LogP contribution in [0.1, 0.15) is 89.0 Å². The average molecular weight is 1030 g/mol. The molecule has 0 aliphatic rings. The first kappa shape index (κ1) is 40.2. The molecule has 9 rings (SSSR count). The number of phenolic OH excluding ortho intramolecular Hbond substituents is 1. The molecule has 0 unspecified atom stereocenters. The Balaban J connectivity index is 0.00000642. The average Bonchev–Trinajstić information content (AvgIpc) is 3.70. The fourth-order valence-electron chi connectivity index (χ4n) is 8.53. The van der Waals surface area contributed by atoms with Gasteiger partial charge in [-0.3, -0.25) is 9.55 Å². The van der Waals surface area contributed by atoms with E-state index in [-0.39, 0.29) is 37.8 Å². The molecule has 0 spiro atoms. The van der Waals surface area contributed by atoms with Gasteiger partial charge in [-0.1, -0.05) is 193 Å². The van der Waals surface area contributed by atoms with E-state index in [1.54, 1.807) is 12.1 Å². The maximum atomic E-state index is 12.5. The first-order valence-electron chi connectivity index (χ1n) is 24.0. The van der Waals surface area contributed by atoms with Crippen molar-refractivity contribution in [2.75, 3.05) is 0 Å². The summed E-state index contributed by atoms with van der Waals surface area (Å²) in [6, 6.07) is 56.0.